The van der Waals surface area contributed by atoms with Crippen LogP contribution in [-0.2, 0) is 0 Å². The fourth-order valence-corrected chi connectivity index (χ4v) is 1.92. The predicted molar refractivity (Wildman–Crippen MR) is 70.1 cm³/mol. The molecule has 0 amide bonds. The van der Waals surface area contributed by atoms with Crippen molar-refractivity contribution in [1.29, 1.82) is 0 Å². The van der Waals surface area contributed by atoms with Gasteiger partial charge in [-0.25, -0.2) is 0 Å². The first-order valence-electron chi connectivity index (χ1n) is 5.58. The number of ether oxygens (including phenoxy) is 2. The van der Waals surface area contributed by atoms with Gasteiger partial charge in [0.1, 0.15) is 11.5 Å². The Morgan fingerprint density at radius 3 is 2.10 bits per heavy atom. The number of methoxy groups -OCH3 is 1. The number of hydrogen-bond acceptors (Lipinski definition) is 2. The summed E-state index contributed by atoms with van der Waals surface area (Å²) in [5.74, 6) is 0.304. The Morgan fingerprint density at radius 2 is 1.55 bits per heavy atom. The van der Waals surface area contributed by atoms with Gasteiger partial charge in [-0.3, -0.25) is 0 Å². The van der Waals surface area contributed by atoms with Gasteiger partial charge in [0.2, 0.25) is 0 Å². The van der Waals surface area contributed by atoms with Gasteiger partial charge in [0.05, 0.1) is 7.11 Å². The number of hydrogen-bond donors (Lipinski definition) is 0. The molecule has 6 heteroatoms. The van der Waals surface area contributed by atoms with Crippen LogP contribution in [0.15, 0.2) is 42.5 Å². The molecule has 0 radical (unpaired) electrons. The zero-order valence-corrected chi connectivity index (χ0v) is 11.1. The summed E-state index contributed by atoms with van der Waals surface area (Å²) in [7, 11) is 1.51. The topological polar surface area (TPSA) is 18.5 Å². The average molecular weight is 303 g/mol. The van der Waals surface area contributed by atoms with E-state index in [1.165, 1.54) is 31.4 Å². The van der Waals surface area contributed by atoms with E-state index in [1.807, 2.05) is 0 Å². The second-order valence-corrected chi connectivity index (χ2v) is 4.39. The maximum absolute atomic E-state index is 12.1. The molecule has 2 aromatic rings. The second kappa shape index (κ2) is 5.63. The minimum atomic E-state index is -4.69. The highest BCUT2D eigenvalue weighted by molar-refractivity contribution is 6.31. The lowest BCUT2D eigenvalue weighted by Crippen LogP contribution is -2.16. The summed E-state index contributed by atoms with van der Waals surface area (Å²) in [5.41, 5.74) is 1.45. The highest BCUT2D eigenvalue weighted by atomic mass is 35.5. The molecule has 0 atom stereocenters. The fourth-order valence-electron chi connectivity index (χ4n) is 1.70. The maximum Gasteiger partial charge on any atom is 0.573 e. The molecule has 0 spiro atoms. The van der Waals surface area contributed by atoms with Crippen LogP contribution in [0.5, 0.6) is 11.5 Å². The van der Waals surface area contributed by atoms with E-state index in [4.69, 9.17) is 16.3 Å². The molecule has 0 aliphatic carbocycles. The van der Waals surface area contributed by atoms with Crippen molar-refractivity contribution in [2.75, 3.05) is 7.11 Å². The Kier molecular flexibility index (Phi) is 4.09. The van der Waals surface area contributed by atoms with Crippen LogP contribution in [0.25, 0.3) is 11.1 Å². The molecule has 0 aliphatic heterocycles. The van der Waals surface area contributed by atoms with Crippen LogP contribution in [0.3, 0.4) is 0 Å². The lowest BCUT2D eigenvalue weighted by Gasteiger charge is -2.10. The van der Waals surface area contributed by atoms with Crippen LogP contribution in [-0.4, -0.2) is 13.5 Å². The lowest BCUT2D eigenvalue weighted by molar-refractivity contribution is -0.274. The molecule has 0 aromatic heterocycles. The summed E-state index contributed by atoms with van der Waals surface area (Å²) in [5, 5.41) is 0.481. The van der Waals surface area contributed by atoms with Crippen LogP contribution in [0, 0.1) is 0 Å². The zero-order chi connectivity index (χ0) is 14.8. The van der Waals surface area contributed by atoms with Gasteiger partial charge in [0.25, 0.3) is 0 Å². The first-order chi connectivity index (χ1) is 9.37. The fraction of sp³-hybridized carbons (Fsp3) is 0.143. The first-order valence-corrected chi connectivity index (χ1v) is 5.96. The van der Waals surface area contributed by atoms with Crippen LogP contribution in [0.1, 0.15) is 0 Å². The number of rotatable bonds is 3. The van der Waals surface area contributed by atoms with E-state index in [0.717, 1.165) is 5.56 Å². The van der Waals surface area contributed by atoms with E-state index >= 15 is 0 Å². The highest BCUT2D eigenvalue weighted by Crippen LogP contribution is 2.30. The number of alkyl halides is 3. The molecule has 2 rings (SSSR count). The third kappa shape index (κ3) is 3.81. The Bertz CT molecular complexity index is 594. The van der Waals surface area contributed by atoms with Gasteiger partial charge in [-0.1, -0.05) is 23.7 Å². The second-order valence-electron chi connectivity index (χ2n) is 3.95. The smallest absolute Gasteiger partial charge is 0.497 e. The van der Waals surface area contributed by atoms with Crippen LogP contribution < -0.4 is 9.47 Å². The molecular weight excluding hydrogens is 293 g/mol. The van der Waals surface area contributed by atoms with Crippen molar-refractivity contribution in [3.05, 3.63) is 47.5 Å². The molecule has 0 aliphatic rings. The third-order valence-corrected chi connectivity index (χ3v) is 2.75. The van der Waals surface area contributed by atoms with Gasteiger partial charge in [-0.05, 0) is 41.5 Å². The quantitative estimate of drug-likeness (QED) is 0.801. The molecule has 0 fully saturated rings. The van der Waals surface area contributed by atoms with E-state index in [0.29, 0.717) is 16.3 Å². The Balaban J connectivity index is 2.28. The van der Waals surface area contributed by atoms with Crippen LogP contribution in [0.2, 0.25) is 5.02 Å². The SMILES string of the molecule is COc1cc(Cl)cc(-c2ccc(OC(F)(F)F)cc2)c1. The Labute approximate surface area is 118 Å². The van der Waals surface area contributed by atoms with E-state index in [-0.39, 0.29) is 5.75 Å². The van der Waals surface area contributed by atoms with E-state index < -0.39 is 6.36 Å². The Hall–Kier alpha value is -1.88. The molecule has 0 heterocycles. The molecule has 2 nitrogen and oxygen atoms in total. The standard InChI is InChI=1S/C14H10ClF3O2/c1-19-13-7-10(6-11(15)8-13)9-2-4-12(5-3-9)20-14(16,17)18/h2-8H,1H3. The van der Waals surface area contributed by atoms with Gasteiger partial charge in [0.15, 0.2) is 0 Å². The number of halogens is 4. The maximum atomic E-state index is 12.1. The van der Waals surface area contributed by atoms with Crippen molar-refractivity contribution < 1.29 is 22.6 Å². The Morgan fingerprint density at radius 1 is 0.900 bits per heavy atom. The summed E-state index contributed by atoms with van der Waals surface area (Å²) >= 11 is 5.94. The van der Waals surface area contributed by atoms with Crippen LogP contribution >= 0.6 is 11.6 Å². The summed E-state index contributed by atoms with van der Waals surface area (Å²) in [6.45, 7) is 0. The van der Waals surface area contributed by atoms with Crippen molar-refractivity contribution in [3.8, 4) is 22.6 Å². The summed E-state index contributed by atoms with van der Waals surface area (Å²) in [4.78, 5) is 0. The van der Waals surface area contributed by atoms with E-state index in [1.54, 1.807) is 18.2 Å². The monoisotopic (exact) mass is 302 g/mol. The summed E-state index contributed by atoms with van der Waals surface area (Å²) in [6, 6.07) is 10.6. The highest BCUT2D eigenvalue weighted by Gasteiger charge is 2.30. The van der Waals surface area contributed by atoms with Gasteiger partial charge in [-0.2, -0.15) is 0 Å². The average Bonchev–Trinajstić information content (AvgIpc) is 2.37. The largest absolute Gasteiger partial charge is 0.573 e. The molecular formula is C14H10ClF3O2. The number of benzene rings is 2. The summed E-state index contributed by atoms with van der Waals surface area (Å²) < 4.78 is 45.1. The van der Waals surface area contributed by atoms with Crippen molar-refractivity contribution in [2.45, 2.75) is 6.36 Å². The van der Waals surface area contributed by atoms with Crippen molar-refractivity contribution in [3.63, 3.8) is 0 Å². The molecule has 0 N–H and O–H groups in total. The molecule has 0 unspecified atom stereocenters. The van der Waals surface area contributed by atoms with Crippen molar-refractivity contribution in [2.24, 2.45) is 0 Å². The van der Waals surface area contributed by atoms with Gasteiger partial charge in [-0.15, -0.1) is 13.2 Å². The van der Waals surface area contributed by atoms with Crippen LogP contribution in [0.4, 0.5) is 13.2 Å². The molecule has 0 saturated heterocycles. The molecule has 106 valence electrons. The predicted octanol–water partition coefficient (Wildman–Crippen LogP) is 4.91. The molecule has 0 bridgehead atoms. The third-order valence-electron chi connectivity index (χ3n) is 2.53. The minimum absolute atomic E-state index is 0.268. The zero-order valence-electron chi connectivity index (χ0n) is 10.4. The first kappa shape index (κ1) is 14.5. The lowest BCUT2D eigenvalue weighted by atomic mass is 10.1. The van der Waals surface area contributed by atoms with Gasteiger partial charge in [0, 0.05) is 5.02 Å². The van der Waals surface area contributed by atoms with Gasteiger partial charge >= 0.3 is 6.36 Å². The van der Waals surface area contributed by atoms with Gasteiger partial charge < -0.3 is 9.47 Å². The van der Waals surface area contributed by atoms with Crippen molar-refractivity contribution >= 4 is 11.6 Å². The normalized spacial score (nSPS) is 11.2. The molecule has 2 aromatic carbocycles. The van der Waals surface area contributed by atoms with E-state index in [2.05, 4.69) is 4.74 Å². The summed E-state index contributed by atoms with van der Waals surface area (Å²) in [6.07, 6.45) is -4.69. The van der Waals surface area contributed by atoms with Crippen molar-refractivity contribution in [1.82, 2.24) is 0 Å². The molecule has 20 heavy (non-hydrogen) atoms. The minimum Gasteiger partial charge on any atom is -0.497 e. The molecule has 0 saturated carbocycles. The van der Waals surface area contributed by atoms with E-state index in [9.17, 15) is 13.2 Å².